The quantitative estimate of drug-likeness (QED) is 0.677. The van der Waals surface area contributed by atoms with Crippen molar-refractivity contribution < 1.29 is 9.84 Å². The van der Waals surface area contributed by atoms with Crippen molar-refractivity contribution in [2.24, 2.45) is 0 Å². The average Bonchev–Trinajstić information content (AvgIpc) is 2.19. The summed E-state index contributed by atoms with van der Waals surface area (Å²) in [7, 11) is 0. The van der Waals surface area contributed by atoms with Crippen molar-refractivity contribution in [3.05, 3.63) is 35.1 Å². The van der Waals surface area contributed by atoms with Gasteiger partial charge in [-0.25, -0.2) is 0 Å². The van der Waals surface area contributed by atoms with Crippen molar-refractivity contribution in [3.63, 3.8) is 0 Å². The Kier molecular flexibility index (Phi) is 1.90. The fourth-order valence-corrected chi connectivity index (χ4v) is 1.37. The van der Waals surface area contributed by atoms with Crippen molar-refractivity contribution in [3.8, 4) is 11.8 Å². The van der Waals surface area contributed by atoms with E-state index < -0.39 is 0 Å². The summed E-state index contributed by atoms with van der Waals surface area (Å²) in [5.41, 5.74) is 1.31. The number of benzene rings is 1. The van der Waals surface area contributed by atoms with Crippen molar-refractivity contribution in [1.82, 2.24) is 0 Å². The molecule has 0 aliphatic carbocycles. The zero-order chi connectivity index (χ0) is 10.1. The predicted molar refractivity (Wildman–Crippen MR) is 51.9 cm³/mol. The van der Waals surface area contributed by atoms with E-state index in [0.717, 1.165) is 5.56 Å². The lowest BCUT2D eigenvalue weighted by atomic mass is 10.1. The third-order valence-corrected chi connectivity index (χ3v) is 2.16. The Morgan fingerprint density at radius 1 is 1.50 bits per heavy atom. The third kappa shape index (κ3) is 1.31. The molecule has 3 nitrogen and oxygen atoms in total. The Hall–Kier alpha value is -1.95. The second-order valence-corrected chi connectivity index (χ2v) is 3.19. The summed E-state index contributed by atoms with van der Waals surface area (Å²) in [5, 5.41) is 18.1. The minimum absolute atomic E-state index is 0.188. The van der Waals surface area contributed by atoms with E-state index in [9.17, 15) is 5.11 Å². The van der Waals surface area contributed by atoms with E-state index in [1.165, 1.54) is 0 Å². The number of aliphatic hydroxyl groups excluding tert-OH is 1. The Balaban J connectivity index is 2.51. The smallest absolute Gasteiger partial charge is 0.152 e. The first-order valence-electron chi connectivity index (χ1n) is 4.32. The normalized spacial score (nSPS) is 18.9. The number of aliphatic hydroxyl groups is 1. The van der Waals surface area contributed by atoms with Gasteiger partial charge in [0.25, 0.3) is 0 Å². The van der Waals surface area contributed by atoms with Crippen molar-refractivity contribution >= 4 is 6.08 Å². The van der Waals surface area contributed by atoms with E-state index in [1.54, 1.807) is 31.2 Å². The minimum Gasteiger partial charge on any atom is -0.508 e. The lowest BCUT2D eigenvalue weighted by molar-refractivity contribution is 0.188. The van der Waals surface area contributed by atoms with Crippen LogP contribution in [0.25, 0.3) is 6.08 Å². The maximum atomic E-state index is 9.44. The van der Waals surface area contributed by atoms with Gasteiger partial charge in [-0.1, -0.05) is 0 Å². The van der Waals surface area contributed by atoms with Gasteiger partial charge < -0.3 is 9.84 Å². The topological polar surface area (TPSA) is 53.2 Å². The van der Waals surface area contributed by atoms with Gasteiger partial charge in [0.05, 0.1) is 11.6 Å². The van der Waals surface area contributed by atoms with E-state index in [1.807, 2.05) is 6.07 Å². The fourth-order valence-electron chi connectivity index (χ4n) is 1.37. The molecule has 0 saturated heterocycles. The van der Waals surface area contributed by atoms with Gasteiger partial charge in [-0.2, -0.15) is 5.26 Å². The highest BCUT2D eigenvalue weighted by Crippen LogP contribution is 2.29. The monoisotopic (exact) mass is 187 g/mol. The summed E-state index contributed by atoms with van der Waals surface area (Å²) in [6, 6.07) is 7.17. The lowest BCUT2D eigenvalue weighted by Gasteiger charge is -2.20. The highest BCUT2D eigenvalue weighted by atomic mass is 16.5. The van der Waals surface area contributed by atoms with Gasteiger partial charge in [0, 0.05) is 5.56 Å². The van der Waals surface area contributed by atoms with Crippen LogP contribution in [-0.2, 0) is 0 Å². The molecule has 0 radical (unpaired) electrons. The van der Waals surface area contributed by atoms with Crippen LogP contribution >= 0.6 is 0 Å². The first kappa shape index (κ1) is 8.64. The van der Waals surface area contributed by atoms with Crippen LogP contribution in [-0.4, -0.2) is 11.2 Å². The fraction of sp³-hybridized carbons (Fsp3) is 0.182. The molecule has 14 heavy (non-hydrogen) atoms. The highest BCUT2D eigenvalue weighted by Gasteiger charge is 2.17. The van der Waals surface area contributed by atoms with E-state index in [-0.39, 0.29) is 11.9 Å². The molecular formula is C11H9NO2. The molecule has 70 valence electrons. The van der Waals surface area contributed by atoms with Gasteiger partial charge >= 0.3 is 0 Å². The van der Waals surface area contributed by atoms with Gasteiger partial charge in [-0.3, -0.25) is 0 Å². The van der Waals surface area contributed by atoms with Crippen LogP contribution in [0.3, 0.4) is 0 Å². The number of nitrogens with zero attached hydrogens (tertiary/aromatic N) is 1. The summed E-state index contributed by atoms with van der Waals surface area (Å²) < 4.78 is 5.42. The molecule has 2 rings (SSSR count). The molecule has 3 heteroatoms. The minimum atomic E-state index is -0.310. The van der Waals surface area contributed by atoms with E-state index >= 15 is 0 Å². The van der Waals surface area contributed by atoms with Gasteiger partial charge in [0.1, 0.15) is 11.5 Å². The molecule has 1 aromatic carbocycles. The molecule has 1 aliphatic heterocycles. The molecule has 0 fully saturated rings. The van der Waals surface area contributed by atoms with Crippen LogP contribution in [0.15, 0.2) is 24.0 Å². The molecule has 1 atom stereocenters. The molecule has 1 aromatic rings. The van der Waals surface area contributed by atoms with Crippen molar-refractivity contribution in [2.75, 3.05) is 0 Å². The van der Waals surface area contributed by atoms with Crippen LogP contribution < -0.4 is 4.74 Å². The highest BCUT2D eigenvalue weighted by molar-refractivity contribution is 5.63. The number of fused-ring (bicyclic) bond motifs is 1. The molecule has 0 amide bonds. The second-order valence-electron chi connectivity index (χ2n) is 3.19. The number of rotatable bonds is 0. The molecule has 1 heterocycles. The van der Waals surface area contributed by atoms with Crippen LogP contribution in [0.2, 0.25) is 0 Å². The number of nitriles is 1. The summed E-state index contributed by atoms with van der Waals surface area (Å²) in [6.45, 7) is 1.77. The van der Waals surface area contributed by atoms with Crippen LogP contribution in [0.5, 0.6) is 5.75 Å². The molecule has 0 saturated carbocycles. The zero-order valence-electron chi connectivity index (χ0n) is 7.69. The maximum Gasteiger partial charge on any atom is 0.152 e. The summed E-state index contributed by atoms with van der Waals surface area (Å²) in [6.07, 6.45) is 1.32. The van der Waals surface area contributed by atoms with Gasteiger partial charge in [0.2, 0.25) is 0 Å². The Morgan fingerprint density at radius 2 is 2.29 bits per heavy atom. The van der Waals surface area contributed by atoms with Crippen LogP contribution in [0, 0.1) is 11.3 Å². The van der Waals surface area contributed by atoms with E-state index in [0.29, 0.717) is 11.3 Å². The first-order valence-corrected chi connectivity index (χ1v) is 4.32. The Morgan fingerprint density at radius 3 is 3.00 bits per heavy atom. The molecule has 1 unspecified atom stereocenters. The molecule has 1 N–H and O–H groups in total. The van der Waals surface area contributed by atoms with Crippen molar-refractivity contribution in [1.29, 1.82) is 5.26 Å². The number of hydrogen-bond acceptors (Lipinski definition) is 3. The van der Waals surface area contributed by atoms with E-state index in [4.69, 9.17) is 10.00 Å². The molecule has 0 aromatic heterocycles. The van der Waals surface area contributed by atoms with Crippen molar-refractivity contribution in [2.45, 2.75) is 13.0 Å². The van der Waals surface area contributed by atoms with Gasteiger partial charge in [-0.05, 0) is 31.2 Å². The molecule has 0 spiro atoms. The third-order valence-electron chi connectivity index (χ3n) is 2.16. The second kappa shape index (κ2) is 3.08. The van der Waals surface area contributed by atoms with E-state index in [2.05, 4.69) is 0 Å². The van der Waals surface area contributed by atoms with Gasteiger partial charge in [0.15, 0.2) is 6.10 Å². The largest absolute Gasteiger partial charge is 0.508 e. The summed E-state index contributed by atoms with van der Waals surface area (Å²) in [5.74, 6) is 0.891. The van der Waals surface area contributed by atoms with Crippen LogP contribution in [0.4, 0.5) is 0 Å². The summed E-state index contributed by atoms with van der Waals surface area (Å²) in [4.78, 5) is 0. The average molecular weight is 187 g/mol. The zero-order valence-corrected chi connectivity index (χ0v) is 7.69. The molecular weight excluding hydrogens is 178 g/mol. The van der Waals surface area contributed by atoms with Crippen LogP contribution in [0.1, 0.15) is 18.1 Å². The molecule has 1 aliphatic rings. The summed E-state index contributed by atoms with van der Waals surface area (Å²) >= 11 is 0. The maximum absolute atomic E-state index is 9.44. The first-order chi connectivity index (χ1) is 6.70. The SMILES string of the molecule is CC1Oc2ccc(C#N)cc2C=C1O. The standard InChI is InChI=1S/C11H9NO2/c1-7-10(13)5-9-4-8(6-12)2-3-11(9)14-7/h2-5,7,13H,1H3. The Labute approximate surface area is 81.9 Å². The number of ether oxygens (including phenoxy) is 1. The predicted octanol–water partition coefficient (Wildman–Crippen LogP) is 2.24. The number of hydrogen-bond donors (Lipinski definition) is 1. The Bertz CT molecular complexity index is 443. The van der Waals surface area contributed by atoms with Gasteiger partial charge in [-0.15, -0.1) is 0 Å². The lowest BCUT2D eigenvalue weighted by Crippen LogP contribution is -2.18. The molecule has 0 bridgehead atoms.